The minimum Gasteiger partial charge on any atom is -0.280 e. The molecule has 0 bridgehead atoms. The van der Waals surface area contributed by atoms with Gasteiger partial charge in [0.2, 0.25) is 0 Å². The van der Waals surface area contributed by atoms with Crippen LogP contribution >= 0.6 is 11.6 Å². The van der Waals surface area contributed by atoms with E-state index < -0.39 is 14.9 Å². The molecule has 0 amide bonds. The first-order valence-corrected chi connectivity index (χ1v) is 7.54. The van der Waals surface area contributed by atoms with Crippen molar-refractivity contribution < 1.29 is 13.3 Å². The third-order valence-electron chi connectivity index (χ3n) is 2.62. The fraction of sp³-hybridized carbons (Fsp3) is 0. The van der Waals surface area contributed by atoms with Crippen LogP contribution in [0.2, 0.25) is 5.02 Å². The maximum absolute atomic E-state index is 12.2. The van der Waals surface area contributed by atoms with Gasteiger partial charge in [-0.15, -0.1) is 0 Å². The molecule has 109 valence electrons. The Morgan fingerprint density at radius 2 is 1.76 bits per heavy atom. The molecule has 2 rings (SSSR count). The van der Waals surface area contributed by atoms with Gasteiger partial charge in [0.25, 0.3) is 15.7 Å². The standard InChI is InChI=1S/C13H10ClN2O4S/c1-9-2-4-10(5-3-9)15-21(19,20)13-8-11(16(17)18)6-7-12(13)14/h2-8,15H,1H2. The molecule has 2 aromatic rings. The van der Waals surface area contributed by atoms with Gasteiger partial charge in [-0.1, -0.05) is 23.7 Å². The lowest BCUT2D eigenvalue weighted by molar-refractivity contribution is -0.385. The average Bonchev–Trinajstić information content (AvgIpc) is 2.41. The highest BCUT2D eigenvalue weighted by molar-refractivity contribution is 7.92. The summed E-state index contributed by atoms with van der Waals surface area (Å²) in [6.07, 6.45) is 0. The van der Waals surface area contributed by atoms with Crippen LogP contribution in [0.25, 0.3) is 0 Å². The lowest BCUT2D eigenvalue weighted by Gasteiger charge is -2.09. The second kappa shape index (κ2) is 5.71. The number of nitro benzene ring substituents is 1. The van der Waals surface area contributed by atoms with E-state index in [1.165, 1.54) is 18.2 Å². The Hall–Kier alpha value is -2.12. The number of nitrogens with one attached hydrogen (secondary N) is 1. The SMILES string of the molecule is [CH2]c1ccc(NS(=O)(=O)c2cc([N+](=O)[O-])ccc2Cl)cc1. The monoisotopic (exact) mass is 325 g/mol. The number of hydrogen-bond donors (Lipinski definition) is 1. The summed E-state index contributed by atoms with van der Waals surface area (Å²) < 4.78 is 26.8. The van der Waals surface area contributed by atoms with Gasteiger partial charge in [0.05, 0.1) is 9.95 Å². The van der Waals surface area contributed by atoms with Crippen molar-refractivity contribution in [2.75, 3.05) is 4.72 Å². The summed E-state index contributed by atoms with van der Waals surface area (Å²) in [4.78, 5) is 9.69. The molecule has 8 heteroatoms. The van der Waals surface area contributed by atoms with Gasteiger partial charge >= 0.3 is 0 Å². The highest BCUT2D eigenvalue weighted by atomic mass is 35.5. The Labute approximate surface area is 126 Å². The molecule has 1 radical (unpaired) electrons. The third-order valence-corrected chi connectivity index (χ3v) is 4.48. The third kappa shape index (κ3) is 3.50. The molecule has 6 nitrogen and oxygen atoms in total. The number of halogens is 1. The van der Waals surface area contributed by atoms with E-state index in [0.717, 1.165) is 17.7 Å². The molecule has 2 aromatic carbocycles. The Morgan fingerprint density at radius 3 is 2.33 bits per heavy atom. The summed E-state index contributed by atoms with van der Waals surface area (Å²) in [5, 5.41) is 10.6. The molecule has 0 heterocycles. The molecule has 0 unspecified atom stereocenters. The fourth-order valence-corrected chi connectivity index (χ4v) is 3.17. The number of sulfonamides is 1. The number of nitro groups is 1. The van der Waals surface area contributed by atoms with Crippen molar-refractivity contribution in [3.63, 3.8) is 0 Å². The number of non-ortho nitro benzene ring substituents is 1. The molecule has 0 aromatic heterocycles. The van der Waals surface area contributed by atoms with Gasteiger partial charge in [-0.05, 0) is 30.7 Å². The molecule has 0 saturated heterocycles. The van der Waals surface area contributed by atoms with E-state index in [-0.39, 0.29) is 15.6 Å². The average molecular weight is 326 g/mol. The second-order valence-corrected chi connectivity index (χ2v) is 6.23. The fourth-order valence-electron chi connectivity index (χ4n) is 1.59. The van der Waals surface area contributed by atoms with Crippen molar-refractivity contribution in [1.82, 2.24) is 0 Å². The molecule has 1 N–H and O–H groups in total. The number of rotatable bonds is 4. The number of nitrogens with zero attached hydrogens (tertiary/aromatic N) is 1. The first-order valence-electron chi connectivity index (χ1n) is 5.68. The Kier molecular flexibility index (Phi) is 4.15. The number of anilines is 1. The van der Waals surface area contributed by atoms with Crippen LogP contribution in [0.4, 0.5) is 11.4 Å². The van der Waals surface area contributed by atoms with Gasteiger partial charge < -0.3 is 0 Å². The molecular weight excluding hydrogens is 316 g/mol. The highest BCUT2D eigenvalue weighted by Gasteiger charge is 2.21. The quantitative estimate of drug-likeness (QED) is 0.690. The zero-order chi connectivity index (χ0) is 15.6. The van der Waals surface area contributed by atoms with Crippen molar-refractivity contribution in [1.29, 1.82) is 0 Å². The van der Waals surface area contributed by atoms with E-state index in [1.807, 2.05) is 0 Å². The summed E-state index contributed by atoms with van der Waals surface area (Å²) in [5.41, 5.74) is 0.684. The van der Waals surface area contributed by atoms with E-state index in [4.69, 9.17) is 11.6 Å². The summed E-state index contributed by atoms with van der Waals surface area (Å²) in [6.45, 7) is 3.69. The van der Waals surface area contributed by atoms with Crippen LogP contribution in [0.3, 0.4) is 0 Å². The smallest absolute Gasteiger partial charge is 0.270 e. The van der Waals surface area contributed by atoms with E-state index in [1.54, 1.807) is 12.1 Å². The summed E-state index contributed by atoms with van der Waals surface area (Å²) in [5.74, 6) is 0. The predicted octanol–water partition coefficient (Wildman–Crippen LogP) is 3.23. The van der Waals surface area contributed by atoms with Crippen molar-refractivity contribution in [3.05, 3.63) is 70.1 Å². The molecule has 0 aliphatic carbocycles. The largest absolute Gasteiger partial charge is 0.280 e. The van der Waals surface area contributed by atoms with E-state index in [9.17, 15) is 18.5 Å². The Morgan fingerprint density at radius 1 is 1.14 bits per heavy atom. The Bertz CT molecular complexity index is 788. The zero-order valence-corrected chi connectivity index (χ0v) is 12.2. The molecule has 0 aliphatic rings. The summed E-state index contributed by atoms with van der Waals surface area (Å²) in [6, 6.07) is 9.56. The van der Waals surface area contributed by atoms with E-state index in [0.29, 0.717) is 5.69 Å². The summed E-state index contributed by atoms with van der Waals surface area (Å²) >= 11 is 5.83. The van der Waals surface area contributed by atoms with Crippen LogP contribution in [-0.4, -0.2) is 13.3 Å². The van der Waals surface area contributed by atoms with Crippen LogP contribution in [0, 0.1) is 17.0 Å². The first-order chi connectivity index (χ1) is 9.79. The highest BCUT2D eigenvalue weighted by Crippen LogP contribution is 2.27. The van der Waals surface area contributed by atoms with E-state index in [2.05, 4.69) is 11.6 Å². The molecule has 0 fully saturated rings. The van der Waals surface area contributed by atoms with Gasteiger partial charge in [-0.25, -0.2) is 8.42 Å². The van der Waals surface area contributed by atoms with Crippen molar-refractivity contribution in [2.45, 2.75) is 4.90 Å². The number of hydrogen-bond acceptors (Lipinski definition) is 4. The zero-order valence-electron chi connectivity index (χ0n) is 10.6. The molecule has 0 aliphatic heterocycles. The minimum absolute atomic E-state index is 0.0955. The molecule has 0 spiro atoms. The van der Waals surface area contributed by atoms with Crippen LogP contribution < -0.4 is 4.72 Å². The normalized spacial score (nSPS) is 11.1. The van der Waals surface area contributed by atoms with Crippen LogP contribution in [0.5, 0.6) is 0 Å². The Balaban J connectivity index is 2.41. The second-order valence-electron chi connectivity index (χ2n) is 4.17. The van der Waals surface area contributed by atoms with Crippen LogP contribution in [-0.2, 0) is 10.0 Å². The lowest BCUT2D eigenvalue weighted by Crippen LogP contribution is -2.13. The molecule has 0 atom stereocenters. The maximum Gasteiger partial charge on any atom is 0.270 e. The van der Waals surface area contributed by atoms with Gasteiger partial charge in [0, 0.05) is 17.8 Å². The lowest BCUT2D eigenvalue weighted by atomic mass is 10.2. The van der Waals surface area contributed by atoms with Gasteiger partial charge in [-0.3, -0.25) is 14.8 Å². The van der Waals surface area contributed by atoms with E-state index >= 15 is 0 Å². The predicted molar refractivity (Wildman–Crippen MR) is 79.8 cm³/mol. The van der Waals surface area contributed by atoms with Crippen LogP contribution in [0.15, 0.2) is 47.4 Å². The minimum atomic E-state index is -4.02. The maximum atomic E-state index is 12.2. The van der Waals surface area contributed by atoms with Gasteiger partial charge in [0.15, 0.2) is 0 Å². The van der Waals surface area contributed by atoms with Crippen molar-refractivity contribution in [3.8, 4) is 0 Å². The topological polar surface area (TPSA) is 89.3 Å². The van der Waals surface area contributed by atoms with Crippen molar-refractivity contribution in [2.24, 2.45) is 0 Å². The van der Waals surface area contributed by atoms with Gasteiger partial charge in [0.1, 0.15) is 4.90 Å². The summed E-state index contributed by atoms with van der Waals surface area (Å²) in [7, 11) is -4.02. The van der Waals surface area contributed by atoms with Gasteiger partial charge in [-0.2, -0.15) is 0 Å². The molecule has 0 saturated carbocycles. The first kappa shape index (κ1) is 15.3. The van der Waals surface area contributed by atoms with Crippen LogP contribution in [0.1, 0.15) is 5.56 Å². The van der Waals surface area contributed by atoms with Crippen molar-refractivity contribution >= 4 is 33.0 Å². The number of benzene rings is 2. The molecule has 21 heavy (non-hydrogen) atoms. The molecular formula is C13H10ClN2O4S.